The highest BCUT2D eigenvalue weighted by atomic mass is 19.4. The Hall–Kier alpha value is -1.79. The lowest BCUT2D eigenvalue weighted by Crippen LogP contribution is -2.48. The Morgan fingerprint density at radius 2 is 1.90 bits per heavy atom. The van der Waals surface area contributed by atoms with Crippen LogP contribution in [0, 0.1) is 0 Å². The maximum Gasteiger partial charge on any atom is 0.405 e. The summed E-state index contributed by atoms with van der Waals surface area (Å²) in [5, 5.41) is 3.18. The highest BCUT2D eigenvalue weighted by molar-refractivity contribution is 5.77. The fourth-order valence-electron chi connectivity index (χ4n) is 2.76. The van der Waals surface area contributed by atoms with Gasteiger partial charge in [0.2, 0.25) is 0 Å². The molecule has 0 aromatic heterocycles. The molecule has 2 aliphatic rings. The number of nitrogens with zero attached hydrogens (tertiary/aromatic N) is 1. The molecular weight excluding hydrogens is 285 g/mol. The molecule has 0 fully saturated rings. The quantitative estimate of drug-likeness (QED) is 0.910. The second-order valence-electron chi connectivity index (χ2n) is 5.20. The van der Waals surface area contributed by atoms with Crippen molar-refractivity contribution in [1.82, 2.24) is 0 Å². The number of ether oxygens (including phenoxy) is 2. The third-order valence-corrected chi connectivity index (χ3v) is 3.76. The van der Waals surface area contributed by atoms with E-state index in [1.54, 1.807) is 12.1 Å². The molecule has 7 heteroatoms. The Morgan fingerprint density at radius 1 is 1.24 bits per heavy atom. The second kappa shape index (κ2) is 5.20. The number of nitrogens with one attached hydrogen (secondary N) is 1. The van der Waals surface area contributed by atoms with Gasteiger partial charge in [0.1, 0.15) is 19.8 Å². The van der Waals surface area contributed by atoms with Gasteiger partial charge in [0.05, 0.1) is 11.4 Å². The predicted octanol–water partition coefficient (Wildman–Crippen LogP) is 3.03. The van der Waals surface area contributed by atoms with E-state index in [-0.39, 0.29) is 6.04 Å². The average molecular weight is 302 g/mol. The molecule has 1 aromatic carbocycles. The van der Waals surface area contributed by atoms with Crippen molar-refractivity contribution in [2.24, 2.45) is 0 Å². The highest BCUT2D eigenvalue weighted by Crippen LogP contribution is 2.43. The standard InChI is InChI=1S/C14H17F3N2O2/c1-2-9-7-18-10-5-12-13(21-4-3-20-12)6-11(10)19(9)8-14(15,16)17/h5-6,9,18H,2-4,7-8H2,1H3. The number of rotatable bonds is 2. The smallest absolute Gasteiger partial charge is 0.405 e. The van der Waals surface area contributed by atoms with Crippen LogP contribution < -0.4 is 19.7 Å². The number of fused-ring (bicyclic) bond motifs is 2. The summed E-state index contributed by atoms with van der Waals surface area (Å²) in [5.74, 6) is 1.08. The summed E-state index contributed by atoms with van der Waals surface area (Å²) in [6.07, 6.45) is -3.60. The number of alkyl halides is 3. The first-order valence-corrected chi connectivity index (χ1v) is 6.99. The van der Waals surface area contributed by atoms with Crippen LogP contribution in [0.25, 0.3) is 0 Å². The lowest BCUT2D eigenvalue weighted by molar-refractivity contribution is -0.120. The van der Waals surface area contributed by atoms with E-state index in [1.807, 2.05) is 6.92 Å². The van der Waals surface area contributed by atoms with Crippen molar-refractivity contribution in [3.05, 3.63) is 12.1 Å². The molecule has 116 valence electrons. The van der Waals surface area contributed by atoms with Gasteiger partial charge in [-0.05, 0) is 6.42 Å². The topological polar surface area (TPSA) is 33.7 Å². The van der Waals surface area contributed by atoms with Crippen LogP contribution in [0.3, 0.4) is 0 Å². The minimum Gasteiger partial charge on any atom is -0.486 e. The molecule has 0 radical (unpaired) electrons. The largest absolute Gasteiger partial charge is 0.486 e. The first-order chi connectivity index (χ1) is 9.98. The van der Waals surface area contributed by atoms with Crippen molar-refractivity contribution >= 4 is 11.4 Å². The van der Waals surface area contributed by atoms with E-state index < -0.39 is 12.7 Å². The van der Waals surface area contributed by atoms with Crippen LogP contribution in [0.2, 0.25) is 0 Å². The molecule has 0 spiro atoms. The maximum absolute atomic E-state index is 12.9. The van der Waals surface area contributed by atoms with Crippen LogP contribution in [-0.4, -0.2) is 38.5 Å². The molecule has 1 unspecified atom stereocenters. The average Bonchev–Trinajstić information content (AvgIpc) is 2.44. The molecular formula is C14H17F3N2O2. The van der Waals surface area contributed by atoms with Crippen LogP contribution in [0.5, 0.6) is 11.5 Å². The summed E-state index contributed by atoms with van der Waals surface area (Å²) in [7, 11) is 0. The fraction of sp³-hybridized carbons (Fsp3) is 0.571. The molecule has 0 saturated heterocycles. The van der Waals surface area contributed by atoms with Gasteiger partial charge in [-0.2, -0.15) is 13.2 Å². The normalized spacial score (nSPS) is 20.8. The first kappa shape index (κ1) is 14.2. The van der Waals surface area contributed by atoms with Crippen molar-refractivity contribution in [3.63, 3.8) is 0 Å². The Morgan fingerprint density at radius 3 is 2.52 bits per heavy atom. The summed E-state index contributed by atoms with van der Waals surface area (Å²) >= 11 is 0. The zero-order chi connectivity index (χ0) is 15.0. The summed E-state index contributed by atoms with van der Waals surface area (Å²) in [4.78, 5) is 1.41. The van der Waals surface area contributed by atoms with Crippen molar-refractivity contribution in [3.8, 4) is 11.5 Å². The van der Waals surface area contributed by atoms with Gasteiger partial charge >= 0.3 is 6.18 Å². The summed E-state index contributed by atoms with van der Waals surface area (Å²) in [5.41, 5.74) is 1.18. The summed E-state index contributed by atoms with van der Waals surface area (Å²) in [6.45, 7) is 2.28. The Kier molecular flexibility index (Phi) is 3.51. The maximum atomic E-state index is 12.9. The molecule has 21 heavy (non-hydrogen) atoms. The van der Waals surface area contributed by atoms with Crippen molar-refractivity contribution in [2.45, 2.75) is 25.6 Å². The van der Waals surface area contributed by atoms with Gasteiger partial charge in [-0.15, -0.1) is 0 Å². The third-order valence-electron chi connectivity index (χ3n) is 3.76. The Bertz CT molecular complexity index is 534. The van der Waals surface area contributed by atoms with E-state index in [0.717, 1.165) is 0 Å². The minimum atomic E-state index is -4.24. The molecule has 0 aliphatic carbocycles. The number of hydrogen-bond donors (Lipinski definition) is 1. The number of halogens is 3. The van der Waals surface area contributed by atoms with E-state index >= 15 is 0 Å². The van der Waals surface area contributed by atoms with E-state index in [9.17, 15) is 13.2 Å². The molecule has 0 amide bonds. The first-order valence-electron chi connectivity index (χ1n) is 6.99. The number of hydrogen-bond acceptors (Lipinski definition) is 4. The highest BCUT2D eigenvalue weighted by Gasteiger charge is 2.37. The molecule has 4 nitrogen and oxygen atoms in total. The van der Waals surface area contributed by atoms with Crippen LogP contribution in [0.1, 0.15) is 13.3 Å². The van der Waals surface area contributed by atoms with Gasteiger partial charge in [0.15, 0.2) is 11.5 Å². The van der Waals surface area contributed by atoms with Gasteiger partial charge < -0.3 is 19.7 Å². The van der Waals surface area contributed by atoms with Crippen molar-refractivity contribution in [2.75, 3.05) is 36.5 Å². The molecule has 3 rings (SSSR count). The van der Waals surface area contributed by atoms with Crippen molar-refractivity contribution in [1.29, 1.82) is 0 Å². The Balaban J connectivity index is 1.99. The minimum absolute atomic E-state index is 0.193. The SMILES string of the molecule is CCC1CNc2cc3c(cc2N1CC(F)(F)F)OCCO3. The molecule has 1 aromatic rings. The van der Waals surface area contributed by atoms with Crippen LogP contribution in [0.4, 0.5) is 24.5 Å². The van der Waals surface area contributed by atoms with Gasteiger partial charge in [0, 0.05) is 24.7 Å². The van der Waals surface area contributed by atoms with E-state index in [2.05, 4.69) is 5.32 Å². The molecule has 2 aliphatic heterocycles. The molecule has 2 heterocycles. The van der Waals surface area contributed by atoms with Crippen molar-refractivity contribution < 1.29 is 22.6 Å². The fourth-order valence-corrected chi connectivity index (χ4v) is 2.76. The van der Waals surface area contributed by atoms with Crippen LogP contribution in [-0.2, 0) is 0 Å². The molecule has 1 atom stereocenters. The second-order valence-corrected chi connectivity index (χ2v) is 5.20. The molecule has 0 saturated carbocycles. The van der Waals surface area contributed by atoms with E-state index in [4.69, 9.17) is 9.47 Å². The van der Waals surface area contributed by atoms with Crippen LogP contribution in [0.15, 0.2) is 12.1 Å². The van der Waals surface area contributed by atoms with Gasteiger partial charge in [-0.3, -0.25) is 0 Å². The Labute approximate surface area is 120 Å². The number of anilines is 2. The summed E-state index contributed by atoms with van der Waals surface area (Å²) < 4.78 is 49.5. The monoisotopic (exact) mass is 302 g/mol. The lowest BCUT2D eigenvalue weighted by Gasteiger charge is -2.40. The molecule has 0 bridgehead atoms. The zero-order valence-corrected chi connectivity index (χ0v) is 11.7. The van der Waals surface area contributed by atoms with Crippen LogP contribution >= 0.6 is 0 Å². The van der Waals surface area contributed by atoms with E-state index in [1.165, 1.54) is 4.90 Å². The number of benzene rings is 1. The van der Waals surface area contributed by atoms with E-state index in [0.29, 0.717) is 49.1 Å². The molecule has 1 N–H and O–H groups in total. The lowest BCUT2D eigenvalue weighted by atomic mass is 10.1. The predicted molar refractivity (Wildman–Crippen MR) is 73.4 cm³/mol. The van der Waals surface area contributed by atoms with Gasteiger partial charge in [-0.25, -0.2) is 0 Å². The van der Waals surface area contributed by atoms with Gasteiger partial charge in [0.25, 0.3) is 0 Å². The summed E-state index contributed by atoms with van der Waals surface area (Å²) in [6, 6.07) is 3.17. The third kappa shape index (κ3) is 2.82. The van der Waals surface area contributed by atoms with Gasteiger partial charge in [-0.1, -0.05) is 6.92 Å². The zero-order valence-electron chi connectivity index (χ0n) is 11.7.